The molecule has 106 valence electrons. The zero-order valence-electron chi connectivity index (χ0n) is 11.8. The Bertz CT molecular complexity index is 569. The highest BCUT2D eigenvalue weighted by molar-refractivity contribution is 5.56. The van der Waals surface area contributed by atoms with Crippen LogP contribution in [0.25, 0.3) is 0 Å². The molecular weight excluding hydrogens is 252 g/mol. The summed E-state index contributed by atoms with van der Waals surface area (Å²) in [5.74, 6) is 6.97. The standard InChI is InChI=1S/C14H20N6/c1-3-5-12-13(17-9-18-14(12)20-15)16-8-11-7-4-6-10(2)19-11/h4,6-7,9H,3,5,8,15H2,1-2H3,(H2,16,17,18,20). The van der Waals surface area contributed by atoms with E-state index in [0.29, 0.717) is 12.4 Å². The molecular formula is C14H20N6. The van der Waals surface area contributed by atoms with Gasteiger partial charge < -0.3 is 10.7 Å². The van der Waals surface area contributed by atoms with E-state index in [-0.39, 0.29) is 0 Å². The molecule has 2 aromatic heterocycles. The van der Waals surface area contributed by atoms with Crippen molar-refractivity contribution in [2.24, 2.45) is 5.84 Å². The zero-order valence-corrected chi connectivity index (χ0v) is 11.8. The van der Waals surface area contributed by atoms with Crippen LogP contribution in [-0.4, -0.2) is 15.0 Å². The molecule has 0 unspecified atom stereocenters. The van der Waals surface area contributed by atoms with Crippen molar-refractivity contribution in [1.29, 1.82) is 0 Å². The summed E-state index contributed by atoms with van der Waals surface area (Å²) in [6.07, 6.45) is 3.36. The smallest absolute Gasteiger partial charge is 0.148 e. The number of hydrogen-bond donors (Lipinski definition) is 3. The molecule has 6 nitrogen and oxygen atoms in total. The van der Waals surface area contributed by atoms with Crippen molar-refractivity contribution in [3.8, 4) is 0 Å². The van der Waals surface area contributed by atoms with Gasteiger partial charge in [-0.15, -0.1) is 0 Å². The number of nitrogens with two attached hydrogens (primary N) is 1. The third-order valence-electron chi connectivity index (χ3n) is 2.97. The van der Waals surface area contributed by atoms with Crippen LogP contribution in [0.3, 0.4) is 0 Å². The number of nitrogens with one attached hydrogen (secondary N) is 2. The van der Waals surface area contributed by atoms with Crippen molar-refractivity contribution >= 4 is 11.6 Å². The molecule has 0 spiro atoms. The first kappa shape index (κ1) is 14.2. The molecule has 0 saturated carbocycles. The van der Waals surface area contributed by atoms with Crippen LogP contribution in [0.2, 0.25) is 0 Å². The average molecular weight is 272 g/mol. The Morgan fingerprint density at radius 2 is 2.00 bits per heavy atom. The molecule has 0 aliphatic rings. The highest BCUT2D eigenvalue weighted by atomic mass is 15.3. The number of aromatic nitrogens is 3. The van der Waals surface area contributed by atoms with Crippen LogP contribution in [-0.2, 0) is 13.0 Å². The van der Waals surface area contributed by atoms with E-state index >= 15 is 0 Å². The molecule has 0 radical (unpaired) electrons. The summed E-state index contributed by atoms with van der Waals surface area (Å²) in [5.41, 5.74) is 5.61. The summed E-state index contributed by atoms with van der Waals surface area (Å²) in [6, 6.07) is 5.97. The van der Waals surface area contributed by atoms with Crippen molar-refractivity contribution < 1.29 is 0 Å². The van der Waals surface area contributed by atoms with E-state index in [1.54, 1.807) is 0 Å². The highest BCUT2D eigenvalue weighted by Gasteiger charge is 2.09. The summed E-state index contributed by atoms with van der Waals surface area (Å²) >= 11 is 0. The number of aryl methyl sites for hydroxylation is 1. The minimum Gasteiger partial charge on any atom is -0.364 e. The third kappa shape index (κ3) is 3.42. The summed E-state index contributed by atoms with van der Waals surface area (Å²) in [5, 5.41) is 3.31. The lowest BCUT2D eigenvalue weighted by Gasteiger charge is -2.13. The van der Waals surface area contributed by atoms with Gasteiger partial charge in [0.05, 0.1) is 12.2 Å². The van der Waals surface area contributed by atoms with Gasteiger partial charge in [0.1, 0.15) is 18.0 Å². The highest BCUT2D eigenvalue weighted by Crippen LogP contribution is 2.21. The van der Waals surface area contributed by atoms with Crippen LogP contribution >= 0.6 is 0 Å². The van der Waals surface area contributed by atoms with Gasteiger partial charge in [0.15, 0.2) is 0 Å². The van der Waals surface area contributed by atoms with Gasteiger partial charge in [-0.05, 0) is 25.5 Å². The molecule has 6 heteroatoms. The second kappa shape index (κ2) is 6.81. The van der Waals surface area contributed by atoms with Gasteiger partial charge in [0.25, 0.3) is 0 Å². The Morgan fingerprint density at radius 3 is 2.70 bits per heavy atom. The molecule has 0 amide bonds. The molecule has 2 aromatic rings. The molecule has 0 atom stereocenters. The van der Waals surface area contributed by atoms with Gasteiger partial charge in [-0.3, -0.25) is 4.98 Å². The monoisotopic (exact) mass is 272 g/mol. The van der Waals surface area contributed by atoms with Crippen molar-refractivity contribution in [2.45, 2.75) is 33.2 Å². The first-order chi connectivity index (χ1) is 9.74. The van der Waals surface area contributed by atoms with Crippen LogP contribution in [0.1, 0.15) is 30.3 Å². The Labute approximate surface area is 118 Å². The number of rotatable bonds is 6. The van der Waals surface area contributed by atoms with Crippen LogP contribution in [0.5, 0.6) is 0 Å². The molecule has 0 aromatic carbocycles. The number of nitrogens with zero attached hydrogens (tertiary/aromatic N) is 3. The molecule has 0 saturated heterocycles. The number of nitrogen functional groups attached to an aromatic ring is 1. The molecule has 4 N–H and O–H groups in total. The fourth-order valence-electron chi connectivity index (χ4n) is 2.05. The minimum atomic E-state index is 0.624. The second-order valence-electron chi connectivity index (χ2n) is 4.57. The first-order valence-electron chi connectivity index (χ1n) is 6.71. The fraction of sp³-hybridized carbons (Fsp3) is 0.357. The molecule has 0 fully saturated rings. The average Bonchev–Trinajstić information content (AvgIpc) is 2.46. The third-order valence-corrected chi connectivity index (χ3v) is 2.97. The summed E-state index contributed by atoms with van der Waals surface area (Å²) in [7, 11) is 0. The Hall–Kier alpha value is -2.21. The van der Waals surface area contributed by atoms with Gasteiger partial charge in [-0.2, -0.15) is 0 Å². The van der Waals surface area contributed by atoms with Crippen LogP contribution in [0.4, 0.5) is 11.6 Å². The predicted octanol–water partition coefficient (Wildman–Crippen LogP) is 2.03. The molecule has 0 aliphatic heterocycles. The Kier molecular flexibility index (Phi) is 4.84. The lowest BCUT2D eigenvalue weighted by atomic mass is 10.1. The summed E-state index contributed by atoms with van der Waals surface area (Å²) < 4.78 is 0. The first-order valence-corrected chi connectivity index (χ1v) is 6.71. The van der Waals surface area contributed by atoms with Gasteiger partial charge in [0.2, 0.25) is 0 Å². The number of hydrogen-bond acceptors (Lipinski definition) is 6. The lowest BCUT2D eigenvalue weighted by molar-refractivity contribution is 0.893. The molecule has 0 bridgehead atoms. The largest absolute Gasteiger partial charge is 0.364 e. The molecule has 0 aliphatic carbocycles. The topological polar surface area (TPSA) is 88.8 Å². The molecule has 20 heavy (non-hydrogen) atoms. The molecule has 2 rings (SSSR count). The SMILES string of the molecule is CCCc1c(NN)ncnc1NCc1cccc(C)n1. The maximum atomic E-state index is 5.50. The van der Waals surface area contributed by atoms with E-state index in [9.17, 15) is 0 Å². The van der Waals surface area contributed by atoms with E-state index < -0.39 is 0 Å². The van der Waals surface area contributed by atoms with Crippen LogP contribution in [0.15, 0.2) is 24.5 Å². The number of hydrazine groups is 1. The van der Waals surface area contributed by atoms with Crippen LogP contribution < -0.4 is 16.6 Å². The van der Waals surface area contributed by atoms with E-state index in [4.69, 9.17) is 5.84 Å². The van der Waals surface area contributed by atoms with E-state index in [1.165, 1.54) is 6.33 Å². The number of anilines is 2. The lowest BCUT2D eigenvalue weighted by Crippen LogP contribution is -2.14. The van der Waals surface area contributed by atoms with Gasteiger partial charge >= 0.3 is 0 Å². The Morgan fingerprint density at radius 1 is 1.20 bits per heavy atom. The van der Waals surface area contributed by atoms with E-state index in [1.807, 2.05) is 25.1 Å². The van der Waals surface area contributed by atoms with E-state index in [2.05, 4.69) is 32.6 Å². The van der Waals surface area contributed by atoms with Crippen molar-refractivity contribution in [3.05, 3.63) is 41.5 Å². The fourth-order valence-corrected chi connectivity index (χ4v) is 2.05. The van der Waals surface area contributed by atoms with Gasteiger partial charge in [-0.25, -0.2) is 15.8 Å². The molecule has 2 heterocycles. The zero-order chi connectivity index (χ0) is 14.4. The normalized spacial score (nSPS) is 10.3. The Balaban J connectivity index is 2.16. The van der Waals surface area contributed by atoms with E-state index in [0.717, 1.165) is 35.6 Å². The van der Waals surface area contributed by atoms with Gasteiger partial charge in [-0.1, -0.05) is 19.4 Å². The quantitative estimate of drug-likeness (QED) is 0.551. The minimum absolute atomic E-state index is 0.624. The summed E-state index contributed by atoms with van der Waals surface area (Å²) in [4.78, 5) is 12.9. The van der Waals surface area contributed by atoms with Crippen molar-refractivity contribution in [1.82, 2.24) is 15.0 Å². The van der Waals surface area contributed by atoms with Crippen molar-refractivity contribution in [2.75, 3.05) is 10.7 Å². The van der Waals surface area contributed by atoms with Crippen LogP contribution in [0, 0.1) is 6.92 Å². The summed E-state index contributed by atoms with van der Waals surface area (Å²) in [6.45, 7) is 4.71. The maximum Gasteiger partial charge on any atom is 0.148 e. The van der Waals surface area contributed by atoms with Crippen molar-refractivity contribution in [3.63, 3.8) is 0 Å². The van der Waals surface area contributed by atoms with Gasteiger partial charge in [0, 0.05) is 11.3 Å². The number of pyridine rings is 1. The second-order valence-corrected chi connectivity index (χ2v) is 4.57. The maximum absolute atomic E-state index is 5.50. The predicted molar refractivity (Wildman–Crippen MR) is 80.1 cm³/mol.